The molecule has 5 atom stereocenters. The highest BCUT2D eigenvalue weighted by atomic mass is 32.2. The number of hydrogen-bond donors (Lipinski definition) is 3. The molecule has 0 radical (unpaired) electrons. The Kier molecular flexibility index (Phi) is 9.90. The summed E-state index contributed by atoms with van der Waals surface area (Å²) in [6.07, 6.45) is 8.13. The molecule has 0 unspecified atom stereocenters. The van der Waals surface area contributed by atoms with Gasteiger partial charge in [0, 0.05) is 19.4 Å². The number of sulfonamides is 1. The molecule has 12 nitrogen and oxygen atoms in total. The molecule has 7 aliphatic rings. The van der Waals surface area contributed by atoms with Gasteiger partial charge in [-0.1, -0.05) is 81.4 Å². The molecule has 4 bridgehead atoms. The van der Waals surface area contributed by atoms with Gasteiger partial charge in [-0.05, 0) is 97.6 Å². The lowest BCUT2D eigenvalue weighted by molar-refractivity contribution is -0.144. The van der Waals surface area contributed by atoms with Crippen LogP contribution in [0, 0.1) is 29.1 Å². The van der Waals surface area contributed by atoms with Gasteiger partial charge in [-0.15, -0.1) is 6.58 Å². The van der Waals surface area contributed by atoms with Crippen molar-refractivity contribution in [3.63, 3.8) is 0 Å². The molecule has 6 aliphatic carbocycles. The second-order valence-corrected chi connectivity index (χ2v) is 20.9. The van der Waals surface area contributed by atoms with Crippen LogP contribution in [-0.4, -0.2) is 79.3 Å². The van der Waals surface area contributed by atoms with Crippen molar-refractivity contribution in [3.05, 3.63) is 72.8 Å². The maximum Gasteiger partial charge on any atom is 0.408 e. The first-order valence-electron chi connectivity index (χ1n) is 20.5. The van der Waals surface area contributed by atoms with E-state index in [0.717, 1.165) is 36.0 Å². The molecular formula is C44H56N4O8S. The van der Waals surface area contributed by atoms with Crippen LogP contribution in [0.5, 0.6) is 0 Å². The molecule has 306 valence electrons. The van der Waals surface area contributed by atoms with Gasteiger partial charge in [0.2, 0.25) is 21.8 Å². The number of ether oxygens (including phenoxy) is 2. The predicted molar refractivity (Wildman–Crippen MR) is 214 cm³/mol. The number of nitrogens with one attached hydrogen (secondary N) is 3. The fraction of sp³-hybridized carbons (Fsp3) is 0.591. The molecule has 1 heterocycles. The van der Waals surface area contributed by atoms with E-state index < -0.39 is 79.2 Å². The molecule has 13 heteroatoms. The van der Waals surface area contributed by atoms with Crippen molar-refractivity contribution in [2.45, 2.75) is 119 Å². The van der Waals surface area contributed by atoms with E-state index >= 15 is 4.79 Å². The molecule has 2 aromatic rings. The molecule has 1 saturated heterocycles. The molecule has 2 aromatic carbocycles. The zero-order valence-corrected chi connectivity index (χ0v) is 34.2. The van der Waals surface area contributed by atoms with E-state index in [1.165, 1.54) is 30.2 Å². The van der Waals surface area contributed by atoms with E-state index in [-0.39, 0.29) is 19.4 Å². The molecule has 0 spiro atoms. The van der Waals surface area contributed by atoms with Gasteiger partial charge < -0.3 is 25.0 Å². The summed E-state index contributed by atoms with van der Waals surface area (Å²) >= 11 is 0. The lowest BCUT2D eigenvalue weighted by Crippen LogP contribution is -2.61. The van der Waals surface area contributed by atoms with Gasteiger partial charge >= 0.3 is 6.09 Å². The van der Waals surface area contributed by atoms with Crippen LogP contribution in [0.3, 0.4) is 0 Å². The summed E-state index contributed by atoms with van der Waals surface area (Å²) in [6.45, 7) is 9.37. The summed E-state index contributed by atoms with van der Waals surface area (Å²) in [7, 11) is -2.36. The first-order chi connectivity index (χ1) is 27.0. The summed E-state index contributed by atoms with van der Waals surface area (Å²) in [5, 5.41) is 5.19. The van der Waals surface area contributed by atoms with Crippen molar-refractivity contribution in [3.8, 4) is 11.1 Å². The van der Waals surface area contributed by atoms with Crippen LogP contribution in [-0.2, 0) is 39.5 Å². The van der Waals surface area contributed by atoms with Crippen LogP contribution in [0.2, 0.25) is 0 Å². The number of likely N-dealkylation sites (tertiary alicyclic amines) is 1. The Hall–Kier alpha value is -4.23. The quantitative estimate of drug-likeness (QED) is 0.235. The third-order valence-electron chi connectivity index (χ3n) is 13.7. The summed E-state index contributed by atoms with van der Waals surface area (Å²) in [5.74, 6) is -0.775. The molecular weight excluding hydrogens is 745 g/mol. The molecule has 4 amide bonds. The number of rotatable bonds is 12. The monoisotopic (exact) mass is 800 g/mol. The molecule has 1 aliphatic heterocycles. The van der Waals surface area contributed by atoms with Gasteiger partial charge in [-0.3, -0.25) is 19.1 Å². The third-order valence-corrected chi connectivity index (χ3v) is 15.6. The Morgan fingerprint density at radius 3 is 2.00 bits per heavy atom. The molecule has 6 saturated carbocycles. The lowest BCUT2D eigenvalue weighted by atomic mass is 9.54. The minimum atomic E-state index is -3.90. The van der Waals surface area contributed by atoms with E-state index in [2.05, 4.69) is 21.9 Å². The third kappa shape index (κ3) is 7.50. The molecule has 0 aromatic heterocycles. The Bertz CT molecular complexity index is 2010. The van der Waals surface area contributed by atoms with Gasteiger partial charge in [0.05, 0.1) is 11.8 Å². The van der Waals surface area contributed by atoms with Crippen molar-refractivity contribution in [2.24, 2.45) is 29.1 Å². The van der Waals surface area contributed by atoms with Gasteiger partial charge in [-0.2, -0.15) is 0 Å². The second kappa shape index (κ2) is 14.2. The van der Waals surface area contributed by atoms with E-state index in [1.807, 2.05) is 75.4 Å². The Morgan fingerprint density at radius 2 is 1.47 bits per heavy atom. The number of methoxy groups -OCH3 is 1. The molecule has 7 fully saturated rings. The summed E-state index contributed by atoms with van der Waals surface area (Å²) < 4.78 is 40.4. The molecule has 9 rings (SSSR count). The van der Waals surface area contributed by atoms with Gasteiger partial charge in [0.1, 0.15) is 28.8 Å². The van der Waals surface area contributed by atoms with Crippen LogP contribution in [0.1, 0.15) is 90.5 Å². The largest absolute Gasteiger partial charge is 0.443 e. The first kappa shape index (κ1) is 39.6. The fourth-order valence-electron chi connectivity index (χ4n) is 10.7. The highest BCUT2D eigenvalue weighted by Gasteiger charge is 2.63. The second-order valence-electron chi connectivity index (χ2n) is 18.9. The maximum absolute atomic E-state index is 15.0. The van der Waals surface area contributed by atoms with Crippen molar-refractivity contribution in [1.29, 1.82) is 0 Å². The Morgan fingerprint density at radius 1 is 0.877 bits per heavy atom. The van der Waals surface area contributed by atoms with Gasteiger partial charge in [0.25, 0.3) is 5.91 Å². The highest BCUT2D eigenvalue weighted by molar-refractivity contribution is 7.91. The number of hydrogen-bond acceptors (Lipinski definition) is 8. The van der Waals surface area contributed by atoms with E-state index in [0.29, 0.717) is 30.6 Å². The standard InChI is InChI=1S/C44H56N4O8S/c1-6-32-24-44(32,39(51)47-57(53,54)34-16-17-34)46-37(49)35-25-43(55-5,33-14-12-31(13-15-33)30-10-8-7-9-11-30)26-48(35)38(50)36(41(2,3)4)45-40(52)56-42-21-27-18-28(22-42)20-29(19-27)23-42/h6-15,27-29,32,34-36H,1,16-26H2,2-5H3,(H,45,52)(H,46,49)(H,47,51)/t27?,28?,29?,32-,35+,36-,42?,43+,44+/m1/s1. The minimum absolute atomic E-state index is 0.0243. The SMILES string of the molecule is C=C[C@@H]1C[C@@]1(NC(=O)[C@@H]1C[C@@](OC)(c2ccc(-c3ccccc3)cc2)CN1C(=O)[C@@H](NC(=O)OC12CC3CC(CC(C3)C1)C2)C(C)(C)C)C(=O)NS(=O)(=O)C1CC1. The highest BCUT2D eigenvalue weighted by Crippen LogP contribution is 2.57. The number of benzene rings is 2. The van der Waals surface area contributed by atoms with Crippen molar-refractivity contribution >= 4 is 33.8 Å². The topological polar surface area (TPSA) is 160 Å². The molecule has 57 heavy (non-hydrogen) atoms. The van der Waals surface area contributed by atoms with E-state index in [1.54, 1.807) is 7.11 Å². The van der Waals surface area contributed by atoms with E-state index in [4.69, 9.17) is 9.47 Å². The average molecular weight is 801 g/mol. The average Bonchev–Trinajstić information content (AvgIpc) is 4.09. The first-order valence-corrected chi connectivity index (χ1v) is 22.1. The van der Waals surface area contributed by atoms with Crippen LogP contribution >= 0.6 is 0 Å². The Balaban J connectivity index is 1.08. The van der Waals surface area contributed by atoms with Crippen LogP contribution in [0.25, 0.3) is 11.1 Å². The van der Waals surface area contributed by atoms with Crippen LogP contribution < -0.4 is 15.4 Å². The zero-order valence-electron chi connectivity index (χ0n) is 33.4. The normalized spacial score (nSPS) is 33.3. The fourth-order valence-corrected chi connectivity index (χ4v) is 12.1. The Labute approximate surface area is 335 Å². The van der Waals surface area contributed by atoms with Crippen molar-refractivity contribution in [2.75, 3.05) is 13.7 Å². The number of carbonyl (C=O) groups is 4. The van der Waals surface area contributed by atoms with Crippen molar-refractivity contribution < 1.29 is 37.1 Å². The summed E-state index contributed by atoms with van der Waals surface area (Å²) in [6, 6.07) is 15.5. The maximum atomic E-state index is 15.0. The van der Waals surface area contributed by atoms with Gasteiger partial charge in [-0.25, -0.2) is 13.2 Å². The van der Waals surface area contributed by atoms with Crippen molar-refractivity contribution in [1.82, 2.24) is 20.3 Å². The number of amides is 4. The number of alkyl carbamates (subject to hydrolysis) is 1. The van der Waals surface area contributed by atoms with Gasteiger partial charge in [0.15, 0.2) is 0 Å². The van der Waals surface area contributed by atoms with E-state index in [9.17, 15) is 22.8 Å². The lowest BCUT2D eigenvalue weighted by Gasteiger charge is -2.55. The summed E-state index contributed by atoms with van der Waals surface area (Å²) in [5.41, 5.74) is -1.24. The molecule has 3 N–H and O–H groups in total. The zero-order chi connectivity index (χ0) is 40.5. The summed E-state index contributed by atoms with van der Waals surface area (Å²) in [4.78, 5) is 58.7. The smallest absolute Gasteiger partial charge is 0.408 e. The van der Waals surface area contributed by atoms with Crippen LogP contribution in [0.4, 0.5) is 4.79 Å². The number of carbonyl (C=O) groups excluding carboxylic acids is 4. The van der Waals surface area contributed by atoms with Crippen LogP contribution in [0.15, 0.2) is 67.3 Å². The minimum Gasteiger partial charge on any atom is -0.443 e. The number of nitrogens with zero attached hydrogens (tertiary/aromatic N) is 1. The predicted octanol–water partition coefficient (Wildman–Crippen LogP) is 5.58.